The van der Waals surface area contributed by atoms with Gasteiger partial charge in [-0.15, -0.1) is 0 Å². The van der Waals surface area contributed by atoms with E-state index in [1.54, 1.807) is 23.1 Å². The maximum absolute atomic E-state index is 12.4. The standard InChI is InChI=1S/C13H17Cl2NO2/c1-9(2)16(6-3-7-17)13(18)11-8-10(14)4-5-12(11)15/h4-5,8-9,17H,3,6-7H2,1-2H3. The third-order valence-corrected chi connectivity index (χ3v) is 3.16. The van der Waals surface area contributed by atoms with Gasteiger partial charge in [-0.05, 0) is 38.5 Å². The third kappa shape index (κ3) is 3.87. The number of carbonyl (C=O) groups excluding carboxylic acids is 1. The lowest BCUT2D eigenvalue weighted by Gasteiger charge is -2.27. The Kier molecular flexibility index (Phi) is 5.93. The normalized spacial score (nSPS) is 10.8. The molecule has 0 fully saturated rings. The monoisotopic (exact) mass is 289 g/mol. The van der Waals surface area contributed by atoms with Crippen LogP contribution in [0, 0.1) is 0 Å². The summed E-state index contributed by atoms with van der Waals surface area (Å²) in [6, 6.07) is 4.87. The second-order valence-corrected chi connectivity index (χ2v) is 5.14. The number of rotatable bonds is 5. The summed E-state index contributed by atoms with van der Waals surface area (Å²) in [6.45, 7) is 4.40. The molecule has 0 spiro atoms. The first-order valence-electron chi connectivity index (χ1n) is 5.84. The molecule has 1 amide bonds. The van der Waals surface area contributed by atoms with Crippen molar-refractivity contribution in [1.29, 1.82) is 0 Å². The van der Waals surface area contributed by atoms with Crippen molar-refractivity contribution in [3.63, 3.8) is 0 Å². The average molecular weight is 290 g/mol. The molecule has 0 aromatic heterocycles. The van der Waals surface area contributed by atoms with Crippen molar-refractivity contribution in [3.8, 4) is 0 Å². The molecule has 0 bridgehead atoms. The van der Waals surface area contributed by atoms with E-state index in [-0.39, 0.29) is 18.6 Å². The fraction of sp³-hybridized carbons (Fsp3) is 0.462. The Morgan fingerprint density at radius 1 is 1.39 bits per heavy atom. The maximum Gasteiger partial charge on any atom is 0.255 e. The summed E-state index contributed by atoms with van der Waals surface area (Å²) < 4.78 is 0. The minimum absolute atomic E-state index is 0.0408. The van der Waals surface area contributed by atoms with E-state index in [4.69, 9.17) is 28.3 Å². The first-order valence-corrected chi connectivity index (χ1v) is 6.60. The summed E-state index contributed by atoms with van der Waals surface area (Å²) in [5.74, 6) is -0.161. The van der Waals surface area contributed by atoms with E-state index in [1.807, 2.05) is 13.8 Å². The summed E-state index contributed by atoms with van der Waals surface area (Å²) in [5, 5.41) is 9.73. The van der Waals surface area contributed by atoms with Gasteiger partial charge in [0.2, 0.25) is 0 Å². The molecule has 0 aliphatic rings. The molecule has 0 heterocycles. The molecule has 0 saturated carbocycles. The number of aliphatic hydroxyl groups is 1. The van der Waals surface area contributed by atoms with Crippen molar-refractivity contribution in [1.82, 2.24) is 4.90 Å². The van der Waals surface area contributed by atoms with Gasteiger partial charge in [-0.2, -0.15) is 0 Å². The van der Waals surface area contributed by atoms with Crippen molar-refractivity contribution in [2.45, 2.75) is 26.3 Å². The molecule has 0 radical (unpaired) electrons. The molecule has 0 unspecified atom stereocenters. The number of hydrogen-bond donors (Lipinski definition) is 1. The summed E-state index contributed by atoms with van der Waals surface area (Å²) in [4.78, 5) is 14.0. The lowest BCUT2D eigenvalue weighted by molar-refractivity contribution is 0.0693. The number of nitrogens with zero attached hydrogens (tertiary/aromatic N) is 1. The van der Waals surface area contributed by atoms with Gasteiger partial charge in [0.1, 0.15) is 0 Å². The van der Waals surface area contributed by atoms with Crippen molar-refractivity contribution in [2.75, 3.05) is 13.2 Å². The minimum Gasteiger partial charge on any atom is -0.396 e. The summed E-state index contributed by atoms with van der Waals surface area (Å²) in [5.41, 5.74) is 0.399. The van der Waals surface area contributed by atoms with Crippen molar-refractivity contribution < 1.29 is 9.90 Å². The highest BCUT2D eigenvalue weighted by atomic mass is 35.5. The molecule has 1 N–H and O–H groups in total. The quantitative estimate of drug-likeness (QED) is 0.904. The molecule has 3 nitrogen and oxygen atoms in total. The van der Waals surface area contributed by atoms with Gasteiger partial charge in [-0.25, -0.2) is 0 Å². The van der Waals surface area contributed by atoms with E-state index >= 15 is 0 Å². The molecule has 1 rings (SSSR count). The minimum atomic E-state index is -0.161. The Balaban J connectivity index is 2.98. The van der Waals surface area contributed by atoms with Gasteiger partial charge < -0.3 is 10.0 Å². The van der Waals surface area contributed by atoms with Gasteiger partial charge in [0.25, 0.3) is 5.91 Å². The lowest BCUT2D eigenvalue weighted by Crippen LogP contribution is -2.38. The van der Waals surface area contributed by atoms with Crippen LogP contribution >= 0.6 is 23.2 Å². The first kappa shape index (κ1) is 15.3. The van der Waals surface area contributed by atoms with E-state index in [9.17, 15) is 4.79 Å². The lowest BCUT2D eigenvalue weighted by atomic mass is 10.1. The Bertz CT molecular complexity index is 421. The smallest absolute Gasteiger partial charge is 0.255 e. The molecular weight excluding hydrogens is 273 g/mol. The topological polar surface area (TPSA) is 40.5 Å². The van der Waals surface area contributed by atoms with Crippen LogP contribution in [0.2, 0.25) is 10.0 Å². The SMILES string of the molecule is CC(C)N(CCCO)C(=O)c1cc(Cl)ccc1Cl. The highest BCUT2D eigenvalue weighted by Crippen LogP contribution is 2.23. The van der Waals surface area contributed by atoms with Crippen molar-refractivity contribution >= 4 is 29.1 Å². The van der Waals surface area contributed by atoms with Gasteiger partial charge in [-0.1, -0.05) is 23.2 Å². The highest BCUT2D eigenvalue weighted by Gasteiger charge is 2.20. The second kappa shape index (κ2) is 6.98. The second-order valence-electron chi connectivity index (χ2n) is 4.29. The largest absolute Gasteiger partial charge is 0.396 e. The number of amides is 1. The molecule has 0 saturated heterocycles. The van der Waals surface area contributed by atoms with Crippen molar-refractivity contribution in [3.05, 3.63) is 33.8 Å². The van der Waals surface area contributed by atoms with Crippen LogP contribution in [0.4, 0.5) is 0 Å². The molecular formula is C13H17Cl2NO2. The highest BCUT2D eigenvalue weighted by molar-refractivity contribution is 6.35. The van der Waals surface area contributed by atoms with Gasteiger partial charge in [-0.3, -0.25) is 4.79 Å². The van der Waals surface area contributed by atoms with Crippen LogP contribution in [0.3, 0.4) is 0 Å². The van der Waals surface area contributed by atoms with Crippen LogP contribution in [-0.4, -0.2) is 35.1 Å². The fourth-order valence-electron chi connectivity index (χ4n) is 1.65. The number of aliphatic hydroxyl groups excluding tert-OH is 1. The number of halogens is 2. The molecule has 5 heteroatoms. The summed E-state index contributed by atoms with van der Waals surface area (Å²) in [7, 11) is 0. The Morgan fingerprint density at radius 3 is 2.61 bits per heavy atom. The Morgan fingerprint density at radius 2 is 2.06 bits per heavy atom. The molecule has 1 aromatic carbocycles. The van der Waals surface area contributed by atoms with E-state index in [1.165, 1.54) is 0 Å². The molecule has 0 aliphatic carbocycles. The van der Waals surface area contributed by atoms with Crippen LogP contribution < -0.4 is 0 Å². The summed E-state index contributed by atoms with van der Waals surface area (Å²) >= 11 is 11.9. The fourth-order valence-corrected chi connectivity index (χ4v) is 2.02. The van der Waals surface area contributed by atoms with Gasteiger partial charge in [0, 0.05) is 24.2 Å². The van der Waals surface area contributed by atoms with Gasteiger partial charge in [0.15, 0.2) is 0 Å². The van der Waals surface area contributed by atoms with Gasteiger partial charge in [0.05, 0.1) is 10.6 Å². The molecule has 18 heavy (non-hydrogen) atoms. The molecule has 100 valence electrons. The number of hydrogen-bond acceptors (Lipinski definition) is 2. The Hall–Kier alpha value is -0.770. The predicted octanol–water partition coefficient (Wildman–Crippen LogP) is 3.23. The van der Waals surface area contributed by atoms with Crippen LogP contribution in [-0.2, 0) is 0 Å². The van der Waals surface area contributed by atoms with Gasteiger partial charge >= 0.3 is 0 Å². The van der Waals surface area contributed by atoms with Crippen LogP contribution in [0.5, 0.6) is 0 Å². The zero-order chi connectivity index (χ0) is 13.7. The molecule has 0 aliphatic heterocycles. The Labute approximate surface area is 117 Å². The van der Waals surface area contributed by atoms with Crippen LogP contribution in [0.15, 0.2) is 18.2 Å². The molecule has 0 atom stereocenters. The predicted molar refractivity (Wildman–Crippen MR) is 74.3 cm³/mol. The van der Waals surface area contributed by atoms with Crippen LogP contribution in [0.25, 0.3) is 0 Å². The number of carbonyl (C=O) groups is 1. The first-order chi connectivity index (χ1) is 8.47. The summed E-state index contributed by atoms with van der Waals surface area (Å²) in [6.07, 6.45) is 0.544. The third-order valence-electron chi connectivity index (χ3n) is 2.60. The van der Waals surface area contributed by atoms with Crippen LogP contribution in [0.1, 0.15) is 30.6 Å². The van der Waals surface area contributed by atoms with E-state index in [0.29, 0.717) is 28.6 Å². The average Bonchev–Trinajstić information content (AvgIpc) is 2.32. The number of benzene rings is 1. The van der Waals surface area contributed by atoms with Crippen molar-refractivity contribution in [2.24, 2.45) is 0 Å². The van der Waals surface area contributed by atoms with E-state index < -0.39 is 0 Å². The molecule has 1 aromatic rings. The zero-order valence-electron chi connectivity index (χ0n) is 10.5. The zero-order valence-corrected chi connectivity index (χ0v) is 12.0. The van der Waals surface area contributed by atoms with E-state index in [0.717, 1.165) is 0 Å². The maximum atomic E-state index is 12.4. The van der Waals surface area contributed by atoms with E-state index in [2.05, 4.69) is 0 Å².